The van der Waals surface area contributed by atoms with Crippen molar-refractivity contribution in [3.8, 4) is 0 Å². The average Bonchev–Trinajstić information content (AvgIpc) is 2.13. The standard InChI is InChI=1S/C10H15BrO3/c1-6-8(12)4-3-7(9(13)14)10(6,2)5-11/h6-7H,3-5H2,1-2H3,(H,13,14). The molecule has 1 aliphatic carbocycles. The molecule has 0 amide bonds. The van der Waals surface area contributed by atoms with Gasteiger partial charge >= 0.3 is 5.97 Å². The lowest BCUT2D eigenvalue weighted by Gasteiger charge is -2.42. The molecule has 0 saturated heterocycles. The summed E-state index contributed by atoms with van der Waals surface area (Å²) in [4.78, 5) is 22.6. The molecule has 1 rings (SSSR count). The third kappa shape index (κ3) is 1.72. The Bertz CT molecular complexity index is 264. The monoisotopic (exact) mass is 262 g/mol. The highest BCUT2D eigenvalue weighted by atomic mass is 79.9. The van der Waals surface area contributed by atoms with E-state index in [0.717, 1.165) is 0 Å². The SMILES string of the molecule is CC1C(=O)CCC(C(=O)O)C1(C)CBr. The van der Waals surface area contributed by atoms with E-state index in [1.807, 2.05) is 13.8 Å². The first-order chi connectivity index (χ1) is 6.43. The van der Waals surface area contributed by atoms with E-state index in [0.29, 0.717) is 18.2 Å². The molecule has 1 N–H and O–H groups in total. The fourth-order valence-corrected chi connectivity index (χ4v) is 2.99. The number of alkyl halides is 1. The van der Waals surface area contributed by atoms with Crippen molar-refractivity contribution in [1.82, 2.24) is 0 Å². The van der Waals surface area contributed by atoms with Crippen LogP contribution in [0.1, 0.15) is 26.7 Å². The summed E-state index contributed by atoms with van der Waals surface area (Å²) >= 11 is 3.33. The number of rotatable bonds is 2. The molecule has 1 saturated carbocycles. The third-order valence-corrected chi connectivity index (χ3v) is 4.74. The van der Waals surface area contributed by atoms with E-state index >= 15 is 0 Å². The summed E-state index contributed by atoms with van der Waals surface area (Å²) in [6.45, 7) is 3.71. The van der Waals surface area contributed by atoms with Gasteiger partial charge in [0.1, 0.15) is 5.78 Å². The molecule has 0 aromatic carbocycles. The first-order valence-electron chi connectivity index (χ1n) is 4.75. The maximum Gasteiger partial charge on any atom is 0.307 e. The van der Waals surface area contributed by atoms with E-state index in [9.17, 15) is 9.59 Å². The zero-order valence-electron chi connectivity index (χ0n) is 8.42. The maximum atomic E-state index is 11.5. The van der Waals surface area contributed by atoms with Crippen LogP contribution in [-0.4, -0.2) is 22.2 Å². The highest BCUT2D eigenvalue weighted by molar-refractivity contribution is 9.09. The van der Waals surface area contributed by atoms with Crippen LogP contribution in [0.25, 0.3) is 0 Å². The van der Waals surface area contributed by atoms with Gasteiger partial charge in [0, 0.05) is 17.7 Å². The Kier molecular flexibility index (Phi) is 3.35. The summed E-state index contributed by atoms with van der Waals surface area (Å²) in [5, 5.41) is 9.64. The second kappa shape index (κ2) is 4.01. The van der Waals surface area contributed by atoms with Gasteiger partial charge in [-0.15, -0.1) is 0 Å². The molecule has 4 heteroatoms. The van der Waals surface area contributed by atoms with Gasteiger partial charge in [-0.1, -0.05) is 29.8 Å². The van der Waals surface area contributed by atoms with Crippen LogP contribution in [0.15, 0.2) is 0 Å². The van der Waals surface area contributed by atoms with Gasteiger partial charge in [-0.25, -0.2) is 0 Å². The number of halogens is 1. The highest BCUT2D eigenvalue weighted by Gasteiger charge is 2.48. The number of carbonyl (C=O) groups excluding carboxylic acids is 1. The molecule has 0 aliphatic heterocycles. The lowest BCUT2D eigenvalue weighted by Crippen LogP contribution is -2.47. The molecule has 3 atom stereocenters. The Morgan fingerprint density at radius 2 is 2.29 bits per heavy atom. The molecule has 3 unspecified atom stereocenters. The van der Waals surface area contributed by atoms with Gasteiger partial charge in [0.2, 0.25) is 0 Å². The molecule has 3 nitrogen and oxygen atoms in total. The second-order valence-electron chi connectivity index (χ2n) is 4.26. The number of ketones is 1. The second-order valence-corrected chi connectivity index (χ2v) is 4.82. The van der Waals surface area contributed by atoms with Crippen molar-refractivity contribution < 1.29 is 14.7 Å². The van der Waals surface area contributed by atoms with E-state index in [-0.39, 0.29) is 11.7 Å². The van der Waals surface area contributed by atoms with Gasteiger partial charge in [-0.05, 0) is 11.8 Å². The third-order valence-electron chi connectivity index (χ3n) is 3.53. The van der Waals surface area contributed by atoms with Crippen LogP contribution in [0.4, 0.5) is 0 Å². The largest absolute Gasteiger partial charge is 0.481 e. The van der Waals surface area contributed by atoms with Crippen molar-refractivity contribution in [3.63, 3.8) is 0 Å². The topological polar surface area (TPSA) is 54.4 Å². The molecule has 1 aliphatic rings. The molecule has 0 radical (unpaired) electrons. The molecule has 80 valence electrons. The zero-order chi connectivity index (χ0) is 10.9. The number of hydrogen-bond acceptors (Lipinski definition) is 2. The maximum absolute atomic E-state index is 11.5. The van der Waals surface area contributed by atoms with E-state index in [4.69, 9.17) is 5.11 Å². The number of carboxylic acids is 1. The lowest BCUT2D eigenvalue weighted by atomic mass is 9.62. The van der Waals surface area contributed by atoms with E-state index in [1.54, 1.807) is 0 Å². The van der Waals surface area contributed by atoms with Crippen LogP contribution in [0.5, 0.6) is 0 Å². The number of aliphatic carboxylic acids is 1. The Balaban J connectivity index is 2.99. The van der Waals surface area contributed by atoms with Gasteiger partial charge in [0.15, 0.2) is 0 Å². The van der Waals surface area contributed by atoms with Crippen LogP contribution in [0.3, 0.4) is 0 Å². The van der Waals surface area contributed by atoms with Crippen molar-refractivity contribution in [2.45, 2.75) is 26.7 Å². The predicted octanol–water partition coefficient (Wildman–Crippen LogP) is 2.09. The first-order valence-corrected chi connectivity index (χ1v) is 5.87. The Hall–Kier alpha value is -0.380. The smallest absolute Gasteiger partial charge is 0.307 e. The summed E-state index contributed by atoms with van der Waals surface area (Å²) < 4.78 is 0. The molecule has 0 heterocycles. The van der Waals surface area contributed by atoms with Gasteiger partial charge in [0.05, 0.1) is 5.92 Å². The zero-order valence-corrected chi connectivity index (χ0v) is 10.0. The van der Waals surface area contributed by atoms with Gasteiger partial charge in [-0.3, -0.25) is 9.59 Å². The summed E-state index contributed by atoms with van der Waals surface area (Å²) in [5.74, 6) is -1.18. The van der Waals surface area contributed by atoms with E-state index in [1.165, 1.54) is 0 Å². The molecule has 0 aromatic heterocycles. The van der Waals surface area contributed by atoms with Crippen LogP contribution in [0.2, 0.25) is 0 Å². The highest BCUT2D eigenvalue weighted by Crippen LogP contribution is 2.44. The predicted molar refractivity (Wildman–Crippen MR) is 56.4 cm³/mol. The van der Waals surface area contributed by atoms with Gasteiger partial charge in [0.25, 0.3) is 0 Å². The fraction of sp³-hybridized carbons (Fsp3) is 0.800. The molecule has 14 heavy (non-hydrogen) atoms. The summed E-state index contributed by atoms with van der Waals surface area (Å²) in [5.41, 5.74) is -0.443. The molecule has 1 fully saturated rings. The quantitative estimate of drug-likeness (QED) is 0.776. The van der Waals surface area contributed by atoms with Crippen molar-refractivity contribution in [2.75, 3.05) is 5.33 Å². The van der Waals surface area contributed by atoms with Crippen LogP contribution in [0, 0.1) is 17.3 Å². The number of hydrogen-bond donors (Lipinski definition) is 1. The van der Waals surface area contributed by atoms with Crippen molar-refractivity contribution in [3.05, 3.63) is 0 Å². The summed E-state index contributed by atoms with van der Waals surface area (Å²) in [6.07, 6.45) is 0.876. The fourth-order valence-electron chi connectivity index (χ4n) is 2.12. The van der Waals surface area contributed by atoms with Crippen molar-refractivity contribution >= 4 is 27.7 Å². The Morgan fingerprint density at radius 3 is 2.71 bits per heavy atom. The summed E-state index contributed by atoms with van der Waals surface area (Å²) in [7, 11) is 0. The van der Waals surface area contributed by atoms with Gasteiger partial charge < -0.3 is 5.11 Å². The minimum atomic E-state index is -0.786. The normalized spacial score (nSPS) is 38.4. The Labute approximate surface area is 92.0 Å². The van der Waals surface area contributed by atoms with E-state index < -0.39 is 17.3 Å². The number of carbonyl (C=O) groups is 2. The first kappa shape index (κ1) is 11.7. The van der Waals surface area contributed by atoms with Crippen LogP contribution < -0.4 is 0 Å². The molecule has 0 aromatic rings. The van der Waals surface area contributed by atoms with Crippen molar-refractivity contribution in [2.24, 2.45) is 17.3 Å². The van der Waals surface area contributed by atoms with Crippen LogP contribution >= 0.6 is 15.9 Å². The lowest BCUT2D eigenvalue weighted by molar-refractivity contribution is -0.152. The van der Waals surface area contributed by atoms with E-state index in [2.05, 4.69) is 15.9 Å². The molecular weight excluding hydrogens is 248 g/mol. The Morgan fingerprint density at radius 1 is 1.71 bits per heavy atom. The van der Waals surface area contributed by atoms with Gasteiger partial charge in [-0.2, -0.15) is 0 Å². The molecular formula is C10H15BrO3. The van der Waals surface area contributed by atoms with Crippen LogP contribution in [-0.2, 0) is 9.59 Å². The number of Topliss-reactive ketones (excluding diaryl/α,β-unsaturated/α-hetero) is 1. The minimum absolute atomic E-state index is 0.170. The minimum Gasteiger partial charge on any atom is -0.481 e. The number of carboxylic acid groups (broad SMARTS) is 1. The molecule has 0 bridgehead atoms. The molecule has 0 spiro atoms. The summed E-state index contributed by atoms with van der Waals surface area (Å²) in [6, 6.07) is 0. The van der Waals surface area contributed by atoms with Crippen molar-refractivity contribution in [1.29, 1.82) is 0 Å². The average molecular weight is 263 g/mol.